The van der Waals surface area contributed by atoms with Crippen LogP contribution in [-0.2, 0) is 4.79 Å². The van der Waals surface area contributed by atoms with E-state index in [-0.39, 0.29) is 11.9 Å². The molecule has 3 aromatic heterocycles. The molecule has 3 heterocycles. The first kappa shape index (κ1) is 20.4. The number of aromatic amines is 1. The van der Waals surface area contributed by atoms with E-state index in [0.717, 1.165) is 35.4 Å². The van der Waals surface area contributed by atoms with Crippen LogP contribution in [0.1, 0.15) is 58.4 Å². The van der Waals surface area contributed by atoms with Crippen molar-refractivity contribution >= 4 is 28.4 Å². The Morgan fingerprint density at radius 1 is 1.27 bits per heavy atom. The molecule has 1 aliphatic rings. The number of H-pyrrole nitrogens is 1. The van der Waals surface area contributed by atoms with Crippen molar-refractivity contribution in [3.63, 3.8) is 0 Å². The van der Waals surface area contributed by atoms with Crippen LogP contribution in [0.3, 0.4) is 0 Å². The molecule has 4 rings (SSSR count). The largest absolute Gasteiger partial charge is 0.356 e. The lowest BCUT2D eigenvalue weighted by molar-refractivity contribution is -0.122. The summed E-state index contributed by atoms with van der Waals surface area (Å²) in [5.74, 6) is 1.77. The van der Waals surface area contributed by atoms with Crippen LogP contribution in [-0.4, -0.2) is 37.2 Å². The fourth-order valence-electron chi connectivity index (χ4n) is 4.27. The fraction of sp³-hybridized carbons (Fsp3) is 0.545. The second-order valence-electron chi connectivity index (χ2n) is 8.66. The Bertz CT molecular complexity index is 971. The van der Waals surface area contributed by atoms with Crippen LogP contribution in [0.5, 0.6) is 0 Å². The molecule has 1 fully saturated rings. The molecule has 1 aliphatic carbocycles. The predicted octanol–water partition coefficient (Wildman–Crippen LogP) is 4.18. The number of nitrogens with one attached hydrogen (secondary N) is 3. The summed E-state index contributed by atoms with van der Waals surface area (Å²) in [6, 6.07) is 2.03. The minimum atomic E-state index is 0.0747. The molecular formula is C22H31N7O. The number of aromatic nitrogens is 5. The number of hydrogen-bond donors (Lipinski definition) is 3. The molecule has 0 aliphatic heterocycles. The predicted molar refractivity (Wildman–Crippen MR) is 117 cm³/mol. The van der Waals surface area contributed by atoms with E-state index in [1.165, 1.54) is 25.6 Å². The SMILES string of the molecule is CC(C)CNC(=O)CC(C1CCCCC1)n1cc(Nc2ncnc3[nH]ccc23)cn1. The van der Waals surface area contributed by atoms with Crippen molar-refractivity contribution in [1.82, 2.24) is 30.0 Å². The second-order valence-corrected chi connectivity index (χ2v) is 8.66. The van der Waals surface area contributed by atoms with Gasteiger partial charge in [0.15, 0.2) is 0 Å². The third kappa shape index (κ3) is 4.80. The van der Waals surface area contributed by atoms with E-state index in [9.17, 15) is 4.79 Å². The fourth-order valence-corrected chi connectivity index (χ4v) is 4.27. The van der Waals surface area contributed by atoms with Crippen LogP contribution in [0.2, 0.25) is 0 Å². The van der Waals surface area contributed by atoms with Crippen LogP contribution < -0.4 is 10.6 Å². The van der Waals surface area contributed by atoms with Gasteiger partial charge in [-0.3, -0.25) is 9.48 Å². The summed E-state index contributed by atoms with van der Waals surface area (Å²) in [4.78, 5) is 24.3. The second kappa shape index (κ2) is 9.28. The summed E-state index contributed by atoms with van der Waals surface area (Å²) in [7, 11) is 0. The van der Waals surface area contributed by atoms with Gasteiger partial charge in [-0.05, 0) is 30.7 Å². The molecule has 1 saturated carbocycles. The van der Waals surface area contributed by atoms with Gasteiger partial charge < -0.3 is 15.6 Å². The third-order valence-electron chi connectivity index (χ3n) is 5.85. The number of anilines is 2. The highest BCUT2D eigenvalue weighted by molar-refractivity contribution is 5.88. The maximum atomic E-state index is 12.6. The number of fused-ring (bicyclic) bond motifs is 1. The Morgan fingerprint density at radius 2 is 2.10 bits per heavy atom. The molecule has 3 N–H and O–H groups in total. The first-order chi connectivity index (χ1) is 14.6. The molecule has 1 amide bonds. The van der Waals surface area contributed by atoms with E-state index in [1.807, 2.05) is 29.3 Å². The van der Waals surface area contributed by atoms with E-state index >= 15 is 0 Å². The van der Waals surface area contributed by atoms with Gasteiger partial charge in [0, 0.05) is 25.4 Å². The molecule has 160 valence electrons. The first-order valence-corrected chi connectivity index (χ1v) is 11.0. The topological polar surface area (TPSA) is 101 Å². The minimum absolute atomic E-state index is 0.0747. The lowest BCUT2D eigenvalue weighted by Gasteiger charge is -2.30. The van der Waals surface area contributed by atoms with Crippen molar-refractivity contribution < 1.29 is 4.79 Å². The van der Waals surface area contributed by atoms with Crippen molar-refractivity contribution in [3.05, 3.63) is 31.0 Å². The average Bonchev–Trinajstić information content (AvgIpc) is 3.41. The lowest BCUT2D eigenvalue weighted by Crippen LogP contribution is -2.32. The molecular weight excluding hydrogens is 378 g/mol. The lowest BCUT2D eigenvalue weighted by atomic mass is 9.82. The summed E-state index contributed by atoms with van der Waals surface area (Å²) < 4.78 is 1.97. The number of carbonyl (C=O) groups is 1. The summed E-state index contributed by atoms with van der Waals surface area (Å²) in [5, 5.41) is 12.0. The normalized spacial score (nSPS) is 16.1. The average molecular weight is 410 g/mol. The van der Waals surface area contributed by atoms with Gasteiger partial charge in [-0.15, -0.1) is 0 Å². The Kier molecular flexibility index (Phi) is 6.30. The molecule has 0 aromatic carbocycles. The molecule has 30 heavy (non-hydrogen) atoms. The van der Waals surface area contributed by atoms with Crippen molar-refractivity contribution in [1.29, 1.82) is 0 Å². The number of nitrogens with zero attached hydrogens (tertiary/aromatic N) is 4. The highest BCUT2D eigenvalue weighted by Gasteiger charge is 2.28. The Labute approximate surface area is 176 Å². The zero-order valence-electron chi connectivity index (χ0n) is 17.8. The summed E-state index contributed by atoms with van der Waals surface area (Å²) >= 11 is 0. The highest BCUT2D eigenvalue weighted by atomic mass is 16.1. The van der Waals surface area contributed by atoms with Crippen LogP contribution >= 0.6 is 0 Å². The summed E-state index contributed by atoms with van der Waals surface area (Å²) in [6.07, 6.45) is 13.7. The Hall–Kier alpha value is -2.90. The zero-order valence-corrected chi connectivity index (χ0v) is 17.8. The van der Waals surface area contributed by atoms with Gasteiger partial charge in [-0.1, -0.05) is 33.1 Å². The molecule has 1 atom stereocenters. The quantitative estimate of drug-likeness (QED) is 0.518. The molecule has 0 spiro atoms. The van der Waals surface area contributed by atoms with Gasteiger partial charge in [0.25, 0.3) is 0 Å². The van der Waals surface area contributed by atoms with Gasteiger partial charge in [-0.2, -0.15) is 5.10 Å². The van der Waals surface area contributed by atoms with Crippen molar-refractivity contribution in [3.8, 4) is 0 Å². The summed E-state index contributed by atoms with van der Waals surface area (Å²) in [5.41, 5.74) is 1.65. The Balaban J connectivity index is 1.51. The van der Waals surface area contributed by atoms with E-state index < -0.39 is 0 Å². The molecule has 1 unspecified atom stereocenters. The van der Waals surface area contributed by atoms with E-state index in [2.05, 4.69) is 44.5 Å². The number of rotatable bonds is 8. The zero-order chi connectivity index (χ0) is 20.9. The third-order valence-corrected chi connectivity index (χ3v) is 5.85. The molecule has 0 bridgehead atoms. The van der Waals surface area contributed by atoms with Crippen molar-refractivity contribution in [2.45, 2.75) is 58.4 Å². The number of amides is 1. The summed E-state index contributed by atoms with van der Waals surface area (Å²) in [6.45, 7) is 4.93. The number of carbonyl (C=O) groups excluding carboxylic acids is 1. The molecule has 8 nitrogen and oxygen atoms in total. The van der Waals surface area contributed by atoms with E-state index in [0.29, 0.717) is 24.8 Å². The molecule has 0 radical (unpaired) electrons. The molecule has 0 saturated heterocycles. The van der Waals surface area contributed by atoms with Gasteiger partial charge >= 0.3 is 0 Å². The molecule has 3 aromatic rings. The van der Waals surface area contributed by atoms with Gasteiger partial charge in [0.05, 0.1) is 23.3 Å². The Morgan fingerprint density at radius 3 is 2.90 bits per heavy atom. The van der Waals surface area contributed by atoms with Gasteiger partial charge in [-0.25, -0.2) is 9.97 Å². The van der Waals surface area contributed by atoms with E-state index in [4.69, 9.17) is 0 Å². The van der Waals surface area contributed by atoms with Crippen LogP contribution in [0.25, 0.3) is 11.0 Å². The van der Waals surface area contributed by atoms with Crippen LogP contribution in [0.15, 0.2) is 31.0 Å². The van der Waals surface area contributed by atoms with Crippen LogP contribution in [0.4, 0.5) is 11.5 Å². The van der Waals surface area contributed by atoms with Gasteiger partial charge in [0.2, 0.25) is 5.91 Å². The van der Waals surface area contributed by atoms with Crippen molar-refractivity contribution in [2.75, 3.05) is 11.9 Å². The standard InChI is InChI=1S/C22H31N7O/c1-15(2)11-24-20(30)10-19(16-6-4-3-5-7-16)29-13-17(12-27-29)28-22-18-8-9-23-21(18)25-14-26-22/h8-9,12-16,19H,3-7,10-11H2,1-2H3,(H,24,30)(H2,23,25,26,28). The van der Waals surface area contributed by atoms with Crippen LogP contribution in [0, 0.1) is 11.8 Å². The smallest absolute Gasteiger partial charge is 0.222 e. The highest BCUT2D eigenvalue weighted by Crippen LogP contribution is 2.35. The van der Waals surface area contributed by atoms with E-state index in [1.54, 1.807) is 0 Å². The minimum Gasteiger partial charge on any atom is -0.356 e. The maximum absolute atomic E-state index is 12.6. The molecule has 8 heteroatoms. The maximum Gasteiger partial charge on any atom is 0.222 e. The van der Waals surface area contributed by atoms with Gasteiger partial charge in [0.1, 0.15) is 17.8 Å². The number of hydrogen-bond acceptors (Lipinski definition) is 5. The first-order valence-electron chi connectivity index (χ1n) is 11.0. The monoisotopic (exact) mass is 409 g/mol. The van der Waals surface area contributed by atoms with Crippen molar-refractivity contribution in [2.24, 2.45) is 11.8 Å².